The van der Waals surface area contributed by atoms with Crippen LogP contribution >= 0.6 is 0 Å². The second-order valence-corrected chi connectivity index (χ2v) is 6.97. The number of halogens is 1. The third-order valence-electron chi connectivity index (χ3n) is 4.84. The van der Waals surface area contributed by atoms with E-state index in [4.69, 9.17) is 4.74 Å². The predicted molar refractivity (Wildman–Crippen MR) is 109 cm³/mol. The van der Waals surface area contributed by atoms with Crippen molar-refractivity contribution in [2.24, 2.45) is 0 Å². The van der Waals surface area contributed by atoms with E-state index in [1.165, 1.54) is 6.92 Å². The van der Waals surface area contributed by atoms with Crippen molar-refractivity contribution in [1.29, 1.82) is 0 Å². The van der Waals surface area contributed by atoms with Crippen molar-refractivity contribution < 1.29 is 18.7 Å². The van der Waals surface area contributed by atoms with Gasteiger partial charge in [-0.05, 0) is 43.1 Å². The number of para-hydroxylation sites is 1. The summed E-state index contributed by atoms with van der Waals surface area (Å²) in [5.74, 6) is -0.429. The van der Waals surface area contributed by atoms with Crippen LogP contribution in [0.25, 0.3) is 0 Å². The first-order valence-electron chi connectivity index (χ1n) is 9.79. The summed E-state index contributed by atoms with van der Waals surface area (Å²) in [6, 6.07) is 10.1. The summed E-state index contributed by atoms with van der Waals surface area (Å²) in [5.41, 5.74) is 2.42. The Morgan fingerprint density at radius 2 is 2.03 bits per heavy atom. The van der Waals surface area contributed by atoms with E-state index >= 15 is 0 Å². The number of hydrogen-bond donors (Lipinski definition) is 3. The minimum Gasteiger partial charge on any atom is -0.494 e. The lowest BCUT2D eigenvalue weighted by Crippen LogP contribution is -2.30. The molecule has 7 heteroatoms. The van der Waals surface area contributed by atoms with Crippen LogP contribution in [-0.2, 0) is 22.6 Å². The molecule has 0 saturated carbocycles. The van der Waals surface area contributed by atoms with Crippen LogP contribution in [0.15, 0.2) is 36.4 Å². The zero-order valence-electron chi connectivity index (χ0n) is 16.7. The van der Waals surface area contributed by atoms with Crippen LogP contribution in [0.4, 0.5) is 10.1 Å². The molecule has 1 aliphatic rings. The van der Waals surface area contributed by atoms with Crippen LogP contribution in [-0.4, -0.2) is 25.0 Å². The minimum atomic E-state index is -0.583. The van der Waals surface area contributed by atoms with Crippen LogP contribution in [0.2, 0.25) is 0 Å². The van der Waals surface area contributed by atoms with Crippen molar-refractivity contribution in [3.05, 3.63) is 58.9 Å². The molecule has 0 radical (unpaired) electrons. The van der Waals surface area contributed by atoms with Gasteiger partial charge in [0.05, 0.1) is 24.8 Å². The van der Waals surface area contributed by atoms with Crippen molar-refractivity contribution in [2.75, 3.05) is 18.5 Å². The maximum absolute atomic E-state index is 14.8. The van der Waals surface area contributed by atoms with Gasteiger partial charge in [-0.3, -0.25) is 9.59 Å². The summed E-state index contributed by atoms with van der Waals surface area (Å²) in [4.78, 5) is 24.4. The van der Waals surface area contributed by atoms with E-state index in [2.05, 4.69) is 16.0 Å². The molecule has 29 heavy (non-hydrogen) atoms. The van der Waals surface area contributed by atoms with Gasteiger partial charge in [-0.15, -0.1) is 0 Å². The summed E-state index contributed by atoms with van der Waals surface area (Å²) >= 11 is 0. The average molecular weight is 399 g/mol. The lowest BCUT2D eigenvalue weighted by molar-refractivity contribution is -0.120. The quantitative estimate of drug-likeness (QED) is 0.669. The molecule has 1 aliphatic heterocycles. The second-order valence-electron chi connectivity index (χ2n) is 6.97. The van der Waals surface area contributed by atoms with Crippen molar-refractivity contribution in [1.82, 2.24) is 10.6 Å². The molecule has 3 rings (SSSR count). The van der Waals surface area contributed by atoms with Gasteiger partial charge in [0, 0.05) is 19.0 Å². The number of carbonyl (C=O) groups excluding carboxylic acids is 2. The highest BCUT2D eigenvalue weighted by Crippen LogP contribution is 2.29. The highest BCUT2D eigenvalue weighted by atomic mass is 19.1. The maximum Gasteiger partial charge on any atom is 0.226 e. The van der Waals surface area contributed by atoms with E-state index in [9.17, 15) is 14.0 Å². The molecular weight excluding hydrogens is 373 g/mol. The SMILES string of the molecule is CCOc1ccccc1C(CC(=O)Nc1ccc2c(c1F)CCNC2)NC(C)=O. The molecule has 1 heterocycles. The Bertz CT molecular complexity index is 901. The first-order chi connectivity index (χ1) is 14.0. The molecule has 1 unspecified atom stereocenters. The molecule has 2 amide bonds. The Hall–Kier alpha value is -2.93. The van der Waals surface area contributed by atoms with Crippen LogP contribution in [0.1, 0.15) is 43.0 Å². The summed E-state index contributed by atoms with van der Waals surface area (Å²) in [5, 5.41) is 8.65. The fraction of sp³-hybridized carbons (Fsp3) is 0.364. The highest BCUT2D eigenvalue weighted by molar-refractivity contribution is 5.92. The summed E-state index contributed by atoms with van der Waals surface area (Å²) < 4.78 is 20.4. The second kappa shape index (κ2) is 9.52. The fourth-order valence-corrected chi connectivity index (χ4v) is 3.56. The minimum absolute atomic E-state index is 0.0399. The van der Waals surface area contributed by atoms with Crippen molar-refractivity contribution in [3.8, 4) is 5.75 Å². The molecule has 2 aromatic carbocycles. The number of carbonyl (C=O) groups is 2. The van der Waals surface area contributed by atoms with E-state index in [-0.39, 0.29) is 29.7 Å². The van der Waals surface area contributed by atoms with Gasteiger partial charge >= 0.3 is 0 Å². The molecule has 0 aromatic heterocycles. The van der Waals surface area contributed by atoms with Crippen molar-refractivity contribution in [2.45, 2.75) is 39.3 Å². The number of hydrogen-bond acceptors (Lipinski definition) is 4. The maximum atomic E-state index is 14.8. The molecule has 1 atom stereocenters. The number of benzene rings is 2. The van der Waals surface area contributed by atoms with Gasteiger partial charge < -0.3 is 20.7 Å². The molecular formula is C22H26FN3O3. The summed E-state index contributed by atoms with van der Waals surface area (Å²) in [6.07, 6.45) is 0.545. The van der Waals surface area contributed by atoms with Gasteiger partial charge in [0.25, 0.3) is 0 Å². The Balaban J connectivity index is 1.78. The van der Waals surface area contributed by atoms with Crippen LogP contribution in [0.5, 0.6) is 5.75 Å². The molecule has 0 aliphatic carbocycles. The van der Waals surface area contributed by atoms with Crippen LogP contribution < -0.4 is 20.7 Å². The van der Waals surface area contributed by atoms with Gasteiger partial charge in [0.1, 0.15) is 11.6 Å². The molecule has 0 spiro atoms. The number of ether oxygens (including phenoxy) is 1. The number of amides is 2. The normalized spacial score (nSPS) is 13.9. The fourth-order valence-electron chi connectivity index (χ4n) is 3.56. The Morgan fingerprint density at radius 1 is 1.24 bits per heavy atom. The first-order valence-corrected chi connectivity index (χ1v) is 9.79. The van der Waals surface area contributed by atoms with E-state index in [0.29, 0.717) is 43.0 Å². The number of fused-ring (bicyclic) bond motifs is 1. The first kappa shape index (κ1) is 20.8. The molecule has 0 bridgehead atoms. The van der Waals surface area contributed by atoms with Crippen LogP contribution in [0, 0.1) is 5.82 Å². The zero-order valence-corrected chi connectivity index (χ0v) is 16.7. The van der Waals surface area contributed by atoms with Gasteiger partial charge in [0.2, 0.25) is 11.8 Å². The Labute approximate surface area is 169 Å². The van der Waals surface area contributed by atoms with E-state index in [0.717, 1.165) is 5.56 Å². The smallest absolute Gasteiger partial charge is 0.226 e. The molecule has 154 valence electrons. The van der Waals surface area contributed by atoms with E-state index in [1.807, 2.05) is 31.2 Å². The average Bonchev–Trinajstić information content (AvgIpc) is 2.70. The number of nitrogens with one attached hydrogen (secondary N) is 3. The summed E-state index contributed by atoms with van der Waals surface area (Å²) in [7, 11) is 0. The van der Waals surface area contributed by atoms with Gasteiger partial charge in [0.15, 0.2) is 0 Å². The third-order valence-corrected chi connectivity index (χ3v) is 4.84. The van der Waals surface area contributed by atoms with Gasteiger partial charge in [-0.25, -0.2) is 4.39 Å². The van der Waals surface area contributed by atoms with Gasteiger partial charge in [-0.2, -0.15) is 0 Å². The Kier molecular flexibility index (Phi) is 6.82. The van der Waals surface area contributed by atoms with Crippen molar-refractivity contribution >= 4 is 17.5 Å². The molecule has 2 aromatic rings. The van der Waals surface area contributed by atoms with Gasteiger partial charge in [-0.1, -0.05) is 24.3 Å². The Morgan fingerprint density at radius 3 is 2.79 bits per heavy atom. The molecule has 0 fully saturated rings. The lowest BCUT2D eigenvalue weighted by atomic mass is 9.99. The third kappa shape index (κ3) is 5.12. The number of rotatable bonds is 7. The molecule has 3 N–H and O–H groups in total. The predicted octanol–water partition coefficient (Wildman–Crippen LogP) is 3.08. The highest BCUT2D eigenvalue weighted by Gasteiger charge is 2.22. The van der Waals surface area contributed by atoms with E-state index in [1.54, 1.807) is 12.1 Å². The largest absolute Gasteiger partial charge is 0.494 e. The lowest BCUT2D eigenvalue weighted by Gasteiger charge is -2.22. The topological polar surface area (TPSA) is 79.5 Å². The molecule has 6 nitrogen and oxygen atoms in total. The zero-order chi connectivity index (χ0) is 20.8. The summed E-state index contributed by atoms with van der Waals surface area (Å²) in [6.45, 7) is 5.06. The van der Waals surface area contributed by atoms with Crippen LogP contribution in [0.3, 0.4) is 0 Å². The standard InChI is InChI=1S/C22H26FN3O3/c1-3-29-20-7-5-4-6-17(20)19(25-14(2)27)12-21(28)26-18-9-8-15-13-24-11-10-16(15)22(18)23/h4-9,19,24H,3,10-13H2,1-2H3,(H,25,27)(H,26,28). The van der Waals surface area contributed by atoms with Crippen molar-refractivity contribution in [3.63, 3.8) is 0 Å². The molecule has 0 saturated heterocycles. The van der Waals surface area contributed by atoms with E-state index < -0.39 is 6.04 Å². The number of anilines is 1. The monoisotopic (exact) mass is 399 g/mol.